The van der Waals surface area contributed by atoms with Crippen molar-refractivity contribution in [1.82, 2.24) is 15.1 Å². The molecular formula is C22H28F2N4O4. The van der Waals surface area contributed by atoms with Crippen LogP contribution in [0, 0.1) is 23.1 Å². The molecule has 0 bridgehead atoms. The summed E-state index contributed by atoms with van der Waals surface area (Å²) >= 11 is 0. The molecule has 2 N–H and O–H groups in total. The van der Waals surface area contributed by atoms with Gasteiger partial charge in [0.2, 0.25) is 11.8 Å². The Labute approximate surface area is 185 Å². The van der Waals surface area contributed by atoms with Gasteiger partial charge in [0, 0.05) is 51.2 Å². The fourth-order valence-corrected chi connectivity index (χ4v) is 3.93. The number of hydrogen-bond donors (Lipinski definition) is 2. The lowest BCUT2D eigenvalue weighted by molar-refractivity contribution is -0.136. The molecule has 8 nitrogen and oxygen atoms in total. The van der Waals surface area contributed by atoms with Crippen LogP contribution in [0.25, 0.3) is 0 Å². The summed E-state index contributed by atoms with van der Waals surface area (Å²) in [4.78, 5) is 28.0. The Morgan fingerprint density at radius 3 is 2.62 bits per heavy atom. The van der Waals surface area contributed by atoms with Gasteiger partial charge in [-0.1, -0.05) is 6.07 Å². The van der Waals surface area contributed by atoms with Gasteiger partial charge < -0.3 is 25.0 Å². The summed E-state index contributed by atoms with van der Waals surface area (Å²) in [5.41, 5.74) is 0.216. The highest BCUT2D eigenvalue weighted by Crippen LogP contribution is 2.33. The van der Waals surface area contributed by atoms with Crippen molar-refractivity contribution in [3.8, 4) is 11.8 Å². The molecule has 0 aromatic heterocycles. The maximum atomic E-state index is 14.4. The smallest absolute Gasteiger partial charge is 0.318 e. The molecule has 2 fully saturated rings. The Morgan fingerprint density at radius 1 is 1.34 bits per heavy atom. The quantitative estimate of drug-likeness (QED) is 0.663. The summed E-state index contributed by atoms with van der Waals surface area (Å²) in [6.45, 7) is 2.15. The predicted octanol–water partition coefficient (Wildman–Crippen LogP) is 2.32. The summed E-state index contributed by atoms with van der Waals surface area (Å²) in [6, 6.07) is 5.30. The van der Waals surface area contributed by atoms with E-state index in [1.54, 1.807) is 4.90 Å². The first-order valence-electron chi connectivity index (χ1n) is 10.6. The van der Waals surface area contributed by atoms with Gasteiger partial charge in [0.15, 0.2) is 0 Å². The Morgan fingerprint density at radius 2 is 2.06 bits per heavy atom. The van der Waals surface area contributed by atoms with E-state index in [2.05, 4.69) is 11.4 Å². The first-order valence-corrected chi connectivity index (χ1v) is 10.6. The van der Waals surface area contributed by atoms with E-state index in [9.17, 15) is 28.7 Å². The molecule has 1 heterocycles. The maximum absolute atomic E-state index is 14.4. The van der Waals surface area contributed by atoms with E-state index >= 15 is 0 Å². The van der Waals surface area contributed by atoms with Gasteiger partial charge in [-0.05, 0) is 25.3 Å². The fourth-order valence-electron chi connectivity index (χ4n) is 3.93. The molecule has 0 spiro atoms. The predicted molar refractivity (Wildman–Crippen MR) is 110 cm³/mol. The van der Waals surface area contributed by atoms with Gasteiger partial charge >= 0.3 is 6.03 Å². The Hall–Kier alpha value is -2.93. The van der Waals surface area contributed by atoms with Crippen LogP contribution in [0.15, 0.2) is 18.2 Å². The molecule has 10 heteroatoms. The van der Waals surface area contributed by atoms with Crippen LogP contribution < -0.4 is 10.1 Å². The van der Waals surface area contributed by atoms with Crippen LogP contribution in [0.2, 0.25) is 0 Å². The third kappa shape index (κ3) is 6.07. The fraction of sp³-hybridized carbons (Fsp3) is 0.591. The third-order valence-corrected chi connectivity index (χ3v) is 5.48. The number of nitrogens with one attached hydrogen (secondary N) is 1. The Kier molecular flexibility index (Phi) is 7.19. The number of piperidine rings is 1. The number of benzene rings is 1. The van der Waals surface area contributed by atoms with Crippen LogP contribution in [0.5, 0.6) is 5.75 Å². The first-order chi connectivity index (χ1) is 15.1. The number of nitrogens with zero attached hydrogens (tertiary/aromatic N) is 3. The van der Waals surface area contributed by atoms with Crippen molar-refractivity contribution in [2.75, 3.05) is 19.7 Å². The van der Waals surface area contributed by atoms with Gasteiger partial charge in [-0.3, -0.25) is 4.79 Å². The zero-order valence-corrected chi connectivity index (χ0v) is 18.2. The lowest BCUT2D eigenvalue weighted by atomic mass is 9.94. The Bertz CT molecular complexity index is 895. The molecule has 1 saturated carbocycles. The van der Waals surface area contributed by atoms with E-state index in [1.165, 1.54) is 30.9 Å². The second kappa shape index (κ2) is 9.69. The van der Waals surface area contributed by atoms with E-state index < -0.39 is 36.1 Å². The number of nitriles is 1. The van der Waals surface area contributed by atoms with Crippen molar-refractivity contribution in [3.05, 3.63) is 29.6 Å². The van der Waals surface area contributed by atoms with Gasteiger partial charge in [0.25, 0.3) is 0 Å². The summed E-state index contributed by atoms with van der Waals surface area (Å²) in [7, 11) is 0. The normalized spacial score (nSPS) is 20.9. The molecule has 1 aromatic carbocycles. The number of aliphatic hydroxyl groups excluding tert-OH is 1. The van der Waals surface area contributed by atoms with Crippen molar-refractivity contribution >= 4 is 11.9 Å². The zero-order valence-electron chi connectivity index (χ0n) is 18.2. The molecule has 1 aromatic rings. The molecule has 0 unspecified atom stereocenters. The van der Waals surface area contributed by atoms with E-state index in [-0.39, 0.29) is 43.0 Å². The van der Waals surface area contributed by atoms with Crippen LogP contribution in [-0.4, -0.2) is 64.5 Å². The average Bonchev–Trinajstić information content (AvgIpc) is 3.56. The van der Waals surface area contributed by atoms with Gasteiger partial charge in [-0.2, -0.15) is 9.65 Å². The van der Waals surface area contributed by atoms with Gasteiger partial charge in [0.05, 0.1) is 18.0 Å². The second-order valence-corrected chi connectivity index (χ2v) is 8.69. The molecule has 174 valence electrons. The van der Waals surface area contributed by atoms with E-state index in [0.717, 1.165) is 18.9 Å². The van der Waals surface area contributed by atoms with Crippen LogP contribution in [-0.2, 0) is 11.3 Å². The molecule has 1 aliphatic heterocycles. The van der Waals surface area contributed by atoms with E-state index in [4.69, 9.17) is 4.74 Å². The summed E-state index contributed by atoms with van der Waals surface area (Å²) in [5, 5.41) is 21.3. The first kappa shape index (κ1) is 23.7. The van der Waals surface area contributed by atoms with Crippen molar-refractivity contribution in [1.29, 1.82) is 5.26 Å². The van der Waals surface area contributed by atoms with Crippen molar-refractivity contribution < 1.29 is 28.2 Å². The largest absolute Gasteiger partial charge is 0.458 e. The van der Waals surface area contributed by atoms with E-state index in [0.29, 0.717) is 6.42 Å². The number of hydrogen-bond acceptors (Lipinski definition) is 5. The number of halogens is 2. The molecule has 32 heavy (non-hydrogen) atoms. The number of likely N-dealkylation sites (tertiary alicyclic amines) is 1. The molecule has 1 aliphatic carbocycles. The molecule has 3 rings (SSSR count). The van der Waals surface area contributed by atoms with E-state index in [1.807, 2.05) is 0 Å². The number of rotatable bonds is 7. The Balaban J connectivity index is 1.67. The lowest BCUT2D eigenvalue weighted by Gasteiger charge is -2.41. The monoisotopic (exact) mass is 450 g/mol. The third-order valence-electron chi connectivity index (χ3n) is 5.48. The number of urea groups is 1. The molecule has 2 aliphatic rings. The number of amides is 3. The molecular weight excluding hydrogens is 422 g/mol. The van der Waals surface area contributed by atoms with Crippen LogP contribution in [0.4, 0.5) is 13.6 Å². The summed E-state index contributed by atoms with van der Waals surface area (Å²) in [6.07, 6.45) is 2.05. The molecule has 1 saturated heterocycles. The number of alkyl halides is 1. The highest BCUT2D eigenvalue weighted by Gasteiger charge is 2.41. The van der Waals surface area contributed by atoms with Crippen LogP contribution in [0.3, 0.4) is 0 Å². The molecule has 2 atom stereocenters. The standard InChI is InChI=1S/C22H28F2N4O4/c1-22(2,24)32-18-6-3-15(19(23)8-18)10-26-21(31)28(16-4-5-16)17-7-14(9-25)11-27(12-17)20(30)13-29/h3,6,8,14,16-17,29H,4-5,7,10-13H2,1-2H3,(H,26,31)/t14-,17-/m1/s1. The van der Waals surface area contributed by atoms with Gasteiger partial charge in [0.1, 0.15) is 18.2 Å². The number of carbonyl (C=O) groups is 2. The SMILES string of the molecule is CC(C)(F)Oc1ccc(CNC(=O)N(C2CC2)[C@@H]2C[C@H](C#N)CN(C(=O)CO)C2)c(F)c1. The average molecular weight is 450 g/mol. The van der Waals surface area contributed by atoms with Crippen LogP contribution >= 0.6 is 0 Å². The topological polar surface area (TPSA) is 106 Å². The summed E-state index contributed by atoms with van der Waals surface area (Å²) in [5.74, 6) is -3.45. The van der Waals surface area contributed by atoms with Crippen molar-refractivity contribution in [2.24, 2.45) is 5.92 Å². The van der Waals surface area contributed by atoms with Crippen molar-refractivity contribution in [2.45, 2.75) is 57.6 Å². The van der Waals surface area contributed by atoms with Crippen molar-refractivity contribution in [3.63, 3.8) is 0 Å². The summed E-state index contributed by atoms with van der Waals surface area (Å²) < 4.78 is 33.0. The number of carbonyl (C=O) groups excluding carboxylic acids is 2. The highest BCUT2D eigenvalue weighted by atomic mass is 19.2. The van der Waals surface area contributed by atoms with Gasteiger partial charge in [-0.25, -0.2) is 9.18 Å². The minimum absolute atomic E-state index is 0.00377. The lowest BCUT2D eigenvalue weighted by Crippen LogP contribution is -2.57. The highest BCUT2D eigenvalue weighted by molar-refractivity contribution is 5.78. The second-order valence-electron chi connectivity index (χ2n) is 8.69. The number of aliphatic hydroxyl groups is 1. The molecule has 3 amide bonds. The van der Waals surface area contributed by atoms with Gasteiger partial charge in [-0.15, -0.1) is 0 Å². The minimum atomic E-state index is -1.94. The molecule has 0 radical (unpaired) electrons. The maximum Gasteiger partial charge on any atom is 0.318 e. The zero-order chi connectivity index (χ0) is 23.5. The minimum Gasteiger partial charge on any atom is -0.458 e. The number of ether oxygens (including phenoxy) is 1. The van der Waals surface area contributed by atoms with Crippen LogP contribution in [0.1, 0.15) is 38.7 Å².